The fourth-order valence-corrected chi connectivity index (χ4v) is 3.44. The zero-order valence-corrected chi connectivity index (χ0v) is 17.1. The largest absolute Gasteiger partial charge is 0.492 e. The summed E-state index contributed by atoms with van der Waals surface area (Å²) in [6.07, 6.45) is 1.72. The molecule has 3 N–H and O–H groups in total. The number of aromatic nitrogens is 2. The van der Waals surface area contributed by atoms with Crippen molar-refractivity contribution in [2.45, 2.75) is 0 Å². The van der Waals surface area contributed by atoms with E-state index in [1.165, 1.54) is 0 Å². The summed E-state index contributed by atoms with van der Waals surface area (Å²) in [7, 11) is 3.87. The summed E-state index contributed by atoms with van der Waals surface area (Å²) in [6, 6.07) is 12.9. The topological polar surface area (TPSA) is 94.6 Å². The highest BCUT2D eigenvalue weighted by molar-refractivity contribution is 6.05. The van der Waals surface area contributed by atoms with Crippen LogP contribution in [0.5, 0.6) is 11.5 Å². The van der Waals surface area contributed by atoms with Crippen LogP contribution >= 0.6 is 0 Å². The number of rotatable bonds is 6. The molecule has 1 aliphatic rings. The summed E-state index contributed by atoms with van der Waals surface area (Å²) in [6.45, 7) is 2.25. The number of hydrogen-bond acceptors (Lipinski definition) is 6. The van der Waals surface area contributed by atoms with Crippen molar-refractivity contribution in [3.8, 4) is 22.8 Å². The van der Waals surface area contributed by atoms with Gasteiger partial charge in [0.25, 0.3) is 5.91 Å². The van der Waals surface area contributed by atoms with Gasteiger partial charge in [0.1, 0.15) is 24.7 Å². The van der Waals surface area contributed by atoms with E-state index in [2.05, 4.69) is 15.3 Å². The van der Waals surface area contributed by atoms with E-state index < -0.39 is 0 Å². The molecule has 0 fully saturated rings. The van der Waals surface area contributed by atoms with Gasteiger partial charge in [-0.25, -0.2) is 0 Å². The van der Waals surface area contributed by atoms with Crippen molar-refractivity contribution in [1.82, 2.24) is 9.78 Å². The Balaban J connectivity index is 1.60. The highest BCUT2D eigenvalue weighted by Crippen LogP contribution is 2.34. The lowest BCUT2D eigenvalue weighted by molar-refractivity contribution is 0.102. The van der Waals surface area contributed by atoms with Crippen molar-refractivity contribution in [2.24, 2.45) is 12.8 Å². The molecule has 0 atom stereocenters. The first-order chi connectivity index (χ1) is 14.6. The fourth-order valence-electron chi connectivity index (χ4n) is 3.44. The maximum atomic E-state index is 12.9. The summed E-state index contributed by atoms with van der Waals surface area (Å²) in [5, 5.41) is 7.19. The average molecular weight is 407 g/mol. The van der Waals surface area contributed by atoms with Crippen molar-refractivity contribution >= 4 is 17.3 Å². The lowest BCUT2D eigenvalue weighted by Crippen LogP contribution is -2.29. The Morgan fingerprint density at radius 1 is 1.23 bits per heavy atom. The zero-order valence-electron chi connectivity index (χ0n) is 17.1. The van der Waals surface area contributed by atoms with Gasteiger partial charge in [-0.2, -0.15) is 5.10 Å². The Morgan fingerprint density at radius 2 is 2.10 bits per heavy atom. The molecule has 0 saturated carbocycles. The first-order valence-corrected chi connectivity index (χ1v) is 9.81. The highest BCUT2D eigenvalue weighted by Gasteiger charge is 2.18. The monoisotopic (exact) mass is 407 g/mol. The van der Waals surface area contributed by atoms with Crippen LogP contribution in [0.4, 0.5) is 11.4 Å². The molecule has 156 valence electrons. The minimum atomic E-state index is -0.207. The minimum absolute atomic E-state index is 0.207. The molecule has 3 aromatic rings. The zero-order chi connectivity index (χ0) is 21.1. The van der Waals surface area contributed by atoms with Gasteiger partial charge in [-0.05, 0) is 42.5 Å². The van der Waals surface area contributed by atoms with Crippen molar-refractivity contribution in [1.29, 1.82) is 0 Å². The number of fused-ring (bicyclic) bond motifs is 1. The second-order valence-corrected chi connectivity index (χ2v) is 7.09. The maximum absolute atomic E-state index is 12.9. The van der Waals surface area contributed by atoms with Crippen LogP contribution in [0.15, 0.2) is 48.7 Å². The molecule has 8 nitrogen and oxygen atoms in total. The second kappa shape index (κ2) is 8.46. The Morgan fingerprint density at radius 3 is 2.87 bits per heavy atom. The first-order valence-electron chi connectivity index (χ1n) is 9.81. The van der Waals surface area contributed by atoms with Gasteiger partial charge in [0, 0.05) is 43.7 Å². The second-order valence-electron chi connectivity index (χ2n) is 7.09. The summed E-state index contributed by atoms with van der Waals surface area (Å²) >= 11 is 0. The Bertz CT molecular complexity index is 1060. The Labute approximate surface area is 175 Å². The fraction of sp³-hybridized carbons (Fsp3) is 0.273. The van der Waals surface area contributed by atoms with E-state index in [9.17, 15) is 4.79 Å². The SMILES string of the molecule is CN1CCOc2cc(C(=O)Nc3ccc(OCCN)c(-c4ccnn4C)c3)ccc21. The van der Waals surface area contributed by atoms with Crippen LogP contribution in [0.25, 0.3) is 11.3 Å². The number of nitrogens with one attached hydrogen (secondary N) is 1. The summed E-state index contributed by atoms with van der Waals surface area (Å²) in [5.74, 6) is 1.20. The molecule has 0 unspecified atom stereocenters. The van der Waals surface area contributed by atoms with Gasteiger partial charge in [0.15, 0.2) is 0 Å². The van der Waals surface area contributed by atoms with E-state index in [1.54, 1.807) is 23.0 Å². The molecule has 8 heteroatoms. The van der Waals surface area contributed by atoms with Gasteiger partial charge < -0.3 is 25.4 Å². The predicted molar refractivity (Wildman–Crippen MR) is 116 cm³/mol. The van der Waals surface area contributed by atoms with Gasteiger partial charge >= 0.3 is 0 Å². The number of hydrogen-bond donors (Lipinski definition) is 2. The van der Waals surface area contributed by atoms with Crippen LogP contribution in [0.2, 0.25) is 0 Å². The van der Waals surface area contributed by atoms with E-state index in [0.717, 1.165) is 29.2 Å². The van der Waals surface area contributed by atoms with Crippen LogP contribution in [-0.2, 0) is 7.05 Å². The van der Waals surface area contributed by atoms with Crippen LogP contribution in [-0.4, -0.2) is 49.0 Å². The van der Waals surface area contributed by atoms with Crippen LogP contribution in [0, 0.1) is 0 Å². The van der Waals surface area contributed by atoms with Crippen molar-refractivity contribution in [3.05, 3.63) is 54.2 Å². The molecular weight excluding hydrogens is 382 g/mol. The van der Waals surface area contributed by atoms with Gasteiger partial charge in [-0.15, -0.1) is 0 Å². The standard InChI is InChI=1S/C22H25N5O3/c1-26-10-12-30-21-13-15(3-5-19(21)26)22(28)25-16-4-6-20(29-11-8-23)17(14-16)18-7-9-24-27(18)2/h3-7,9,13-14H,8,10-12,23H2,1-2H3,(H,25,28). The van der Waals surface area contributed by atoms with E-state index in [1.807, 2.05) is 44.4 Å². The lowest BCUT2D eigenvalue weighted by atomic mass is 10.1. The molecule has 0 aliphatic carbocycles. The number of nitrogens with zero attached hydrogens (tertiary/aromatic N) is 3. The molecule has 2 heterocycles. The van der Waals surface area contributed by atoms with E-state index in [4.69, 9.17) is 15.2 Å². The molecule has 1 aromatic heterocycles. The summed E-state index contributed by atoms with van der Waals surface area (Å²) in [4.78, 5) is 15.0. The number of likely N-dealkylation sites (N-methyl/N-ethyl adjacent to an activating group) is 1. The lowest BCUT2D eigenvalue weighted by Gasteiger charge is -2.27. The third-order valence-corrected chi connectivity index (χ3v) is 5.03. The third kappa shape index (κ3) is 3.95. The number of amides is 1. The normalized spacial score (nSPS) is 12.8. The first kappa shape index (κ1) is 19.8. The Hall–Kier alpha value is -3.52. The van der Waals surface area contributed by atoms with Crippen LogP contribution < -0.4 is 25.4 Å². The van der Waals surface area contributed by atoms with Crippen molar-refractivity contribution < 1.29 is 14.3 Å². The average Bonchev–Trinajstić information content (AvgIpc) is 3.18. The molecule has 1 aliphatic heterocycles. The predicted octanol–water partition coefficient (Wildman–Crippen LogP) is 2.51. The molecule has 4 rings (SSSR count). The number of carbonyl (C=O) groups excluding carboxylic acids is 1. The summed E-state index contributed by atoms with van der Waals surface area (Å²) < 4.78 is 13.3. The van der Waals surface area contributed by atoms with E-state index in [0.29, 0.717) is 36.8 Å². The van der Waals surface area contributed by atoms with E-state index >= 15 is 0 Å². The van der Waals surface area contributed by atoms with Crippen LogP contribution in [0.1, 0.15) is 10.4 Å². The number of anilines is 2. The molecule has 0 bridgehead atoms. The maximum Gasteiger partial charge on any atom is 0.255 e. The Kier molecular flexibility index (Phi) is 5.58. The number of nitrogens with two attached hydrogens (primary N) is 1. The number of carbonyl (C=O) groups is 1. The number of benzene rings is 2. The van der Waals surface area contributed by atoms with E-state index in [-0.39, 0.29) is 5.91 Å². The van der Waals surface area contributed by atoms with Gasteiger partial charge in [0.2, 0.25) is 0 Å². The number of aryl methyl sites for hydroxylation is 1. The quantitative estimate of drug-likeness (QED) is 0.652. The molecule has 30 heavy (non-hydrogen) atoms. The molecule has 0 spiro atoms. The highest BCUT2D eigenvalue weighted by atomic mass is 16.5. The molecule has 2 aromatic carbocycles. The van der Waals surface area contributed by atoms with Gasteiger partial charge in [0.05, 0.1) is 17.9 Å². The molecular formula is C22H25N5O3. The number of ether oxygens (including phenoxy) is 2. The van der Waals surface area contributed by atoms with Crippen LogP contribution in [0.3, 0.4) is 0 Å². The van der Waals surface area contributed by atoms with Gasteiger partial charge in [-0.1, -0.05) is 0 Å². The molecule has 1 amide bonds. The molecule has 0 saturated heterocycles. The van der Waals surface area contributed by atoms with Crippen molar-refractivity contribution in [2.75, 3.05) is 43.6 Å². The minimum Gasteiger partial charge on any atom is -0.492 e. The van der Waals surface area contributed by atoms with Crippen molar-refractivity contribution in [3.63, 3.8) is 0 Å². The van der Waals surface area contributed by atoms with Gasteiger partial charge in [-0.3, -0.25) is 9.48 Å². The summed E-state index contributed by atoms with van der Waals surface area (Å²) in [5.41, 5.74) is 9.47. The third-order valence-electron chi connectivity index (χ3n) is 5.03. The molecule has 0 radical (unpaired) electrons. The smallest absolute Gasteiger partial charge is 0.255 e.